The van der Waals surface area contributed by atoms with Crippen molar-refractivity contribution in [2.75, 3.05) is 13.6 Å². The van der Waals surface area contributed by atoms with E-state index in [0.717, 1.165) is 23.6 Å². The van der Waals surface area contributed by atoms with Gasteiger partial charge in [0, 0.05) is 30.5 Å². The van der Waals surface area contributed by atoms with Crippen molar-refractivity contribution in [3.05, 3.63) is 34.5 Å². The number of nitriles is 2. The first kappa shape index (κ1) is 20.4. The standard InChI is InChI=1S/C20H23N5OS/c1-7-25(6)12-23-16-9-14(10-21)17(8-13(16)2)26-19-15(11-22)18(24-27-19)20(3,4)5/h8-9,12H,7H2,1-6H3/b23-12-. The summed E-state index contributed by atoms with van der Waals surface area (Å²) >= 11 is 1.13. The Hall–Kier alpha value is -2.90. The van der Waals surface area contributed by atoms with Crippen molar-refractivity contribution < 1.29 is 4.74 Å². The zero-order valence-corrected chi connectivity index (χ0v) is 17.3. The van der Waals surface area contributed by atoms with Gasteiger partial charge in [0.1, 0.15) is 23.5 Å². The molecule has 0 amide bonds. The summed E-state index contributed by atoms with van der Waals surface area (Å²) in [6.07, 6.45) is 1.73. The molecule has 140 valence electrons. The first-order chi connectivity index (χ1) is 12.7. The van der Waals surface area contributed by atoms with Gasteiger partial charge in [-0.15, -0.1) is 0 Å². The summed E-state index contributed by atoms with van der Waals surface area (Å²) in [5, 5.41) is 19.5. The Morgan fingerprint density at radius 1 is 1.30 bits per heavy atom. The van der Waals surface area contributed by atoms with Gasteiger partial charge in [-0.1, -0.05) is 20.8 Å². The van der Waals surface area contributed by atoms with Gasteiger partial charge in [0.15, 0.2) is 0 Å². The van der Waals surface area contributed by atoms with E-state index in [2.05, 4.69) is 21.5 Å². The molecule has 0 bridgehead atoms. The van der Waals surface area contributed by atoms with E-state index >= 15 is 0 Å². The highest BCUT2D eigenvalue weighted by atomic mass is 32.1. The largest absolute Gasteiger partial charge is 0.442 e. The van der Waals surface area contributed by atoms with Crippen LogP contribution in [0, 0.1) is 29.6 Å². The Bertz CT molecular complexity index is 941. The Kier molecular flexibility index (Phi) is 6.20. The molecular formula is C20H23N5OS. The minimum absolute atomic E-state index is 0.263. The Balaban J connectivity index is 2.43. The van der Waals surface area contributed by atoms with Crippen LogP contribution in [-0.4, -0.2) is 29.2 Å². The van der Waals surface area contributed by atoms with E-state index in [1.54, 1.807) is 18.5 Å². The van der Waals surface area contributed by atoms with Gasteiger partial charge >= 0.3 is 0 Å². The van der Waals surface area contributed by atoms with Crippen LogP contribution in [0.2, 0.25) is 0 Å². The topological polar surface area (TPSA) is 85.3 Å². The summed E-state index contributed by atoms with van der Waals surface area (Å²) in [5.74, 6) is 0.401. The number of hydrogen-bond donors (Lipinski definition) is 0. The normalized spacial score (nSPS) is 11.3. The summed E-state index contributed by atoms with van der Waals surface area (Å²) in [5.41, 5.74) is 2.80. The highest BCUT2D eigenvalue weighted by Gasteiger charge is 2.26. The predicted octanol–water partition coefficient (Wildman–Crippen LogP) is 4.90. The number of benzene rings is 1. The van der Waals surface area contributed by atoms with Crippen LogP contribution in [0.1, 0.15) is 50.1 Å². The van der Waals surface area contributed by atoms with Crippen molar-refractivity contribution in [2.24, 2.45) is 4.99 Å². The minimum atomic E-state index is -0.263. The molecule has 0 atom stereocenters. The minimum Gasteiger partial charge on any atom is -0.442 e. The van der Waals surface area contributed by atoms with E-state index in [1.807, 2.05) is 46.6 Å². The van der Waals surface area contributed by atoms with Crippen LogP contribution in [0.25, 0.3) is 0 Å². The van der Waals surface area contributed by atoms with E-state index in [1.165, 1.54) is 0 Å². The van der Waals surface area contributed by atoms with Crippen LogP contribution in [0.5, 0.6) is 10.8 Å². The maximum Gasteiger partial charge on any atom is 0.218 e. The van der Waals surface area contributed by atoms with E-state index in [-0.39, 0.29) is 5.41 Å². The molecule has 0 unspecified atom stereocenters. The first-order valence-corrected chi connectivity index (χ1v) is 9.35. The molecule has 0 fully saturated rings. The van der Waals surface area contributed by atoms with Crippen molar-refractivity contribution in [3.8, 4) is 23.0 Å². The molecule has 1 aromatic heterocycles. The highest BCUT2D eigenvalue weighted by molar-refractivity contribution is 7.08. The lowest BCUT2D eigenvalue weighted by Crippen LogP contribution is -2.14. The number of aliphatic imine (C=N–C) groups is 1. The van der Waals surface area contributed by atoms with Crippen LogP contribution >= 0.6 is 11.5 Å². The van der Waals surface area contributed by atoms with Gasteiger partial charge in [0.05, 0.1) is 23.3 Å². The van der Waals surface area contributed by atoms with E-state index in [0.29, 0.717) is 33.3 Å². The zero-order chi connectivity index (χ0) is 20.2. The van der Waals surface area contributed by atoms with Gasteiger partial charge in [0.2, 0.25) is 5.06 Å². The number of rotatable bonds is 5. The molecule has 27 heavy (non-hydrogen) atoms. The average molecular weight is 382 g/mol. The Morgan fingerprint density at radius 2 is 2.00 bits per heavy atom. The number of nitrogens with zero attached hydrogens (tertiary/aromatic N) is 5. The molecular weight excluding hydrogens is 358 g/mol. The molecule has 7 heteroatoms. The lowest BCUT2D eigenvalue weighted by Gasteiger charge is -2.15. The van der Waals surface area contributed by atoms with Crippen molar-refractivity contribution in [2.45, 2.75) is 40.0 Å². The molecule has 0 saturated heterocycles. The molecule has 0 aliphatic carbocycles. The lowest BCUT2D eigenvalue weighted by molar-refractivity contribution is 0.490. The van der Waals surface area contributed by atoms with Gasteiger partial charge in [-0.3, -0.25) is 0 Å². The van der Waals surface area contributed by atoms with Crippen molar-refractivity contribution in [1.29, 1.82) is 10.5 Å². The van der Waals surface area contributed by atoms with Crippen LogP contribution < -0.4 is 4.74 Å². The molecule has 0 N–H and O–H groups in total. The van der Waals surface area contributed by atoms with Crippen LogP contribution in [0.15, 0.2) is 17.1 Å². The second-order valence-electron chi connectivity index (χ2n) is 7.22. The molecule has 0 aliphatic heterocycles. The summed E-state index contributed by atoms with van der Waals surface area (Å²) in [6, 6.07) is 7.80. The number of hydrogen-bond acceptors (Lipinski definition) is 6. The second kappa shape index (κ2) is 8.20. The Labute approximate surface area is 164 Å². The maximum atomic E-state index is 9.55. The summed E-state index contributed by atoms with van der Waals surface area (Å²) < 4.78 is 10.3. The van der Waals surface area contributed by atoms with Crippen molar-refractivity contribution in [3.63, 3.8) is 0 Å². The second-order valence-corrected chi connectivity index (χ2v) is 7.96. The van der Waals surface area contributed by atoms with Crippen LogP contribution in [-0.2, 0) is 5.41 Å². The molecule has 0 spiro atoms. The average Bonchev–Trinajstić information content (AvgIpc) is 3.03. The number of aryl methyl sites for hydroxylation is 1. The van der Waals surface area contributed by atoms with Gasteiger partial charge in [0.25, 0.3) is 0 Å². The maximum absolute atomic E-state index is 9.55. The SMILES string of the molecule is CCN(C)/C=N\c1cc(C#N)c(Oc2snc(C(C)(C)C)c2C#N)cc1C. The quantitative estimate of drug-likeness (QED) is 0.543. The number of aromatic nitrogens is 1. The van der Waals surface area contributed by atoms with Crippen LogP contribution in [0.3, 0.4) is 0 Å². The molecule has 1 heterocycles. The van der Waals surface area contributed by atoms with Gasteiger partial charge in [-0.25, -0.2) is 4.99 Å². The molecule has 2 aromatic rings. The third kappa shape index (κ3) is 4.64. The first-order valence-electron chi connectivity index (χ1n) is 8.58. The zero-order valence-electron chi connectivity index (χ0n) is 16.5. The third-order valence-corrected chi connectivity index (χ3v) is 4.72. The Morgan fingerprint density at radius 3 is 2.56 bits per heavy atom. The molecule has 0 radical (unpaired) electrons. The fraction of sp³-hybridized carbons (Fsp3) is 0.400. The lowest BCUT2D eigenvalue weighted by atomic mass is 9.90. The van der Waals surface area contributed by atoms with Gasteiger partial charge in [-0.2, -0.15) is 14.9 Å². The highest BCUT2D eigenvalue weighted by Crippen LogP contribution is 2.39. The van der Waals surface area contributed by atoms with Crippen molar-refractivity contribution >= 4 is 23.6 Å². The molecule has 0 saturated carbocycles. The molecule has 0 aliphatic rings. The number of ether oxygens (including phenoxy) is 1. The van der Waals surface area contributed by atoms with Gasteiger partial charge < -0.3 is 9.64 Å². The fourth-order valence-electron chi connectivity index (χ4n) is 2.28. The fourth-order valence-corrected chi connectivity index (χ4v) is 3.18. The van der Waals surface area contributed by atoms with Gasteiger partial charge in [-0.05, 0) is 31.5 Å². The van der Waals surface area contributed by atoms with E-state index < -0.39 is 0 Å². The van der Waals surface area contributed by atoms with E-state index in [9.17, 15) is 10.5 Å². The monoisotopic (exact) mass is 381 g/mol. The summed E-state index contributed by atoms with van der Waals surface area (Å²) in [7, 11) is 1.93. The molecule has 1 aromatic carbocycles. The molecule has 2 rings (SSSR count). The predicted molar refractivity (Wildman–Crippen MR) is 108 cm³/mol. The summed E-state index contributed by atoms with van der Waals surface area (Å²) in [4.78, 5) is 6.38. The molecule has 6 nitrogen and oxygen atoms in total. The van der Waals surface area contributed by atoms with E-state index in [4.69, 9.17) is 4.74 Å². The third-order valence-electron chi connectivity index (χ3n) is 4.00. The van der Waals surface area contributed by atoms with Crippen molar-refractivity contribution in [1.82, 2.24) is 9.27 Å². The summed E-state index contributed by atoms with van der Waals surface area (Å²) in [6.45, 7) is 10.8. The van der Waals surface area contributed by atoms with Crippen LogP contribution in [0.4, 0.5) is 5.69 Å². The smallest absolute Gasteiger partial charge is 0.218 e.